The van der Waals surface area contributed by atoms with Crippen molar-refractivity contribution in [3.8, 4) is 17.2 Å². The molecule has 0 saturated carbocycles. The SMILES string of the molecule is CCOc1cc(C(=O)Nc2ccc(C)cc2)cc(OCC)c1OCC. The normalized spacial score (nSPS) is 10.2. The van der Waals surface area contributed by atoms with E-state index in [0.717, 1.165) is 11.3 Å². The van der Waals surface area contributed by atoms with Gasteiger partial charge in [-0.1, -0.05) is 17.7 Å². The molecule has 134 valence electrons. The summed E-state index contributed by atoms with van der Waals surface area (Å²) in [4.78, 5) is 12.6. The Bertz CT molecular complexity index is 683. The van der Waals surface area contributed by atoms with Gasteiger partial charge in [0.25, 0.3) is 5.91 Å². The molecule has 0 aliphatic rings. The monoisotopic (exact) mass is 343 g/mol. The topological polar surface area (TPSA) is 56.8 Å². The Hall–Kier alpha value is -2.69. The summed E-state index contributed by atoms with van der Waals surface area (Å²) in [6.07, 6.45) is 0. The largest absolute Gasteiger partial charge is 0.490 e. The van der Waals surface area contributed by atoms with Crippen LogP contribution < -0.4 is 19.5 Å². The molecule has 25 heavy (non-hydrogen) atoms. The van der Waals surface area contributed by atoms with Crippen LogP contribution in [0.5, 0.6) is 17.2 Å². The molecule has 1 N–H and O–H groups in total. The molecule has 0 bridgehead atoms. The molecule has 2 aromatic carbocycles. The van der Waals surface area contributed by atoms with E-state index < -0.39 is 0 Å². The number of amides is 1. The van der Waals surface area contributed by atoms with Crippen LogP contribution in [0.1, 0.15) is 36.7 Å². The average Bonchev–Trinajstić information content (AvgIpc) is 2.60. The molecule has 0 spiro atoms. The summed E-state index contributed by atoms with van der Waals surface area (Å²) in [6, 6.07) is 11.0. The zero-order chi connectivity index (χ0) is 18.2. The van der Waals surface area contributed by atoms with Gasteiger partial charge in [-0.3, -0.25) is 4.79 Å². The first-order valence-corrected chi connectivity index (χ1v) is 8.53. The molecule has 5 heteroatoms. The van der Waals surface area contributed by atoms with Gasteiger partial charge in [-0.25, -0.2) is 0 Å². The quantitative estimate of drug-likeness (QED) is 0.770. The van der Waals surface area contributed by atoms with Crippen molar-refractivity contribution in [1.82, 2.24) is 0 Å². The Balaban J connectivity index is 2.34. The smallest absolute Gasteiger partial charge is 0.255 e. The predicted molar refractivity (Wildman–Crippen MR) is 99.1 cm³/mol. The molecule has 0 atom stereocenters. The first kappa shape index (κ1) is 18.6. The van der Waals surface area contributed by atoms with E-state index >= 15 is 0 Å². The molecule has 2 rings (SSSR count). The second kappa shape index (κ2) is 8.97. The van der Waals surface area contributed by atoms with E-state index in [1.54, 1.807) is 12.1 Å². The number of nitrogens with one attached hydrogen (secondary N) is 1. The Labute approximate surface area is 148 Å². The minimum atomic E-state index is -0.228. The van der Waals surface area contributed by atoms with Gasteiger partial charge in [-0.05, 0) is 52.0 Å². The van der Waals surface area contributed by atoms with Crippen LogP contribution in [0.4, 0.5) is 5.69 Å². The zero-order valence-corrected chi connectivity index (χ0v) is 15.2. The molecule has 2 aromatic rings. The lowest BCUT2D eigenvalue weighted by atomic mass is 10.1. The van der Waals surface area contributed by atoms with E-state index in [-0.39, 0.29) is 5.91 Å². The van der Waals surface area contributed by atoms with Gasteiger partial charge in [0.05, 0.1) is 19.8 Å². The Morgan fingerprint density at radius 1 is 0.880 bits per heavy atom. The molecule has 0 radical (unpaired) electrons. The third kappa shape index (κ3) is 4.89. The third-order valence-electron chi connectivity index (χ3n) is 3.48. The number of rotatable bonds is 8. The van der Waals surface area contributed by atoms with Gasteiger partial charge in [0.1, 0.15) is 0 Å². The number of carbonyl (C=O) groups is 1. The Morgan fingerprint density at radius 3 is 1.88 bits per heavy atom. The number of hydrogen-bond donors (Lipinski definition) is 1. The third-order valence-corrected chi connectivity index (χ3v) is 3.48. The molecule has 0 aliphatic heterocycles. The van der Waals surface area contributed by atoms with E-state index in [1.165, 1.54) is 0 Å². The van der Waals surface area contributed by atoms with Crippen LogP contribution in [0.3, 0.4) is 0 Å². The summed E-state index contributed by atoms with van der Waals surface area (Å²) >= 11 is 0. The van der Waals surface area contributed by atoms with Crippen LogP contribution in [-0.4, -0.2) is 25.7 Å². The number of benzene rings is 2. The lowest BCUT2D eigenvalue weighted by Crippen LogP contribution is -2.13. The van der Waals surface area contributed by atoms with Crippen molar-refractivity contribution in [2.75, 3.05) is 25.1 Å². The number of hydrogen-bond acceptors (Lipinski definition) is 4. The summed E-state index contributed by atoms with van der Waals surface area (Å²) in [5.74, 6) is 1.31. The summed E-state index contributed by atoms with van der Waals surface area (Å²) in [5, 5.41) is 2.88. The highest BCUT2D eigenvalue weighted by atomic mass is 16.5. The fraction of sp³-hybridized carbons (Fsp3) is 0.350. The standard InChI is InChI=1S/C20H25NO4/c1-5-23-17-12-15(13-18(24-6-2)19(17)25-7-3)20(22)21-16-10-8-14(4)9-11-16/h8-13H,5-7H2,1-4H3,(H,21,22). The number of anilines is 1. The van der Waals surface area contributed by atoms with Gasteiger partial charge in [0.2, 0.25) is 5.75 Å². The molecule has 0 saturated heterocycles. The first-order chi connectivity index (χ1) is 12.1. The molecular weight excluding hydrogens is 318 g/mol. The van der Waals surface area contributed by atoms with E-state index in [9.17, 15) is 4.79 Å². The first-order valence-electron chi connectivity index (χ1n) is 8.53. The van der Waals surface area contributed by atoms with Gasteiger partial charge in [0, 0.05) is 11.3 Å². The maximum atomic E-state index is 12.6. The van der Waals surface area contributed by atoms with Crippen molar-refractivity contribution in [3.05, 3.63) is 47.5 Å². The van der Waals surface area contributed by atoms with Crippen LogP contribution in [0.15, 0.2) is 36.4 Å². The predicted octanol–water partition coefficient (Wildman–Crippen LogP) is 4.44. The van der Waals surface area contributed by atoms with Gasteiger partial charge in [0.15, 0.2) is 11.5 Å². The van der Waals surface area contributed by atoms with E-state index in [0.29, 0.717) is 42.6 Å². The maximum absolute atomic E-state index is 12.6. The molecule has 1 amide bonds. The highest BCUT2D eigenvalue weighted by Crippen LogP contribution is 2.39. The van der Waals surface area contributed by atoms with Crippen molar-refractivity contribution in [3.63, 3.8) is 0 Å². The summed E-state index contributed by atoms with van der Waals surface area (Å²) in [7, 11) is 0. The molecular formula is C20H25NO4. The number of aryl methyl sites for hydroxylation is 1. The number of carbonyl (C=O) groups excluding carboxylic acids is 1. The molecule has 0 aliphatic carbocycles. The second-order valence-corrected chi connectivity index (χ2v) is 5.42. The second-order valence-electron chi connectivity index (χ2n) is 5.42. The zero-order valence-electron chi connectivity index (χ0n) is 15.2. The Kier molecular flexibility index (Phi) is 6.69. The maximum Gasteiger partial charge on any atom is 0.255 e. The molecule has 0 aromatic heterocycles. The van der Waals surface area contributed by atoms with E-state index in [1.807, 2.05) is 52.0 Å². The van der Waals surface area contributed by atoms with Crippen molar-refractivity contribution >= 4 is 11.6 Å². The van der Waals surface area contributed by atoms with Gasteiger partial charge in [-0.2, -0.15) is 0 Å². The van der Waals surface area contributed by atoms with Crippen molar-refractivity contribution in [2.45, 2.75) is 27.7 Å². The molecule has 5 nitrogen and oxygen atoms in total. The van der Waals surface area contributed by atoms with E-state index in [4.69, 9.17) is 14.2 Å². The van der Waals surface area contributed by atoms with Crippen molar-refractivity contribution in [2.24, 2.45) is 0 Å². The number of ether oxygens (including phenoxy) is 3. The fourth-order valence-corrected chi connectivity index (χ4v) is 2.36. The Morgan fingerprint density at radius 2 is 1.40 bits per heavy atom. The van der Waals surface area contributed by atoms with E-state index in [2.05, 4.69) is 5.32 Å². The van der Waals surface area contributed by atoms with Crippen molar-refractivity contribution < 1.29 is 19.0 Å². The van der Waals surface area contributed by atoms with Gasteiger partial charge in [-0.15, -0.1) is 0 Å². The minimum Gasteiger partial charge on any atom is -0.490 e. The highest BCUT2D eigenvalue weighted by Gasteiger charge is 2.18. The summed E-state index contributed by atoms with van der Waals surface area (Å²) in [5.41, 5.74) is 2.33. The van der Waals surface area contributed by atoms with Crippen LogP contribution in [-0.2, 0) is 0 Å². The average molecular weight is 343 g/mol. The van der Waals surface area contributed by atoms with Gasteiger partial charge < -0.3 is 19.5 Å². The lowest BCUT2D eigenvalue weighted by Gasteiger charge is -2.17. The fourth-order valence-electron chi connectivity index (χ4n) is 2.36. The summed E-state index contributed by atoms with van der Waals surface area (Å²) in [6.45, 7) is 9.08. The minimum absolute atomic E-state index is 0.228. The highest BCUT2D eigenvalue weighted by molar-refractivity contribution is 6.05. The summed E-state index contributed by atoms with van der Waals surface area (Å²) < 4.78 is 17.0. The van der Waals surface area contributed by atoms with Crippen LogP contribution in [0, 0.1) is 6.92 Å². The molecule has 0 unspecified atom stereocenters. The van der Waals surface area contributed by atoms with Crippen LogP contribution in [0.2, 0.25) is 0 Å². The van der Waals surface area contributed by atoms with Crippen LogP contribution in [0.25, 0.3) is 0 Å². The van der Waals surface area contributed by atoms with Crippen LogP contribution >= 0.6 is 0 Å². The lowest BCUT2D eigenvalue weighted by molar-refractivity contribution is 0.102. The van der Waals surface area contributed by atoms with Gasteiger partial charge >= 0.3 is 0 Å². The van der Waals surface area contributed by atoms with Crippen molar-refractivity contribution in [1.29, 1.82) is 0 Å². The molecule has 0 heterocycles. The molecule has 0 fully saturated rings.